The number of aryl methyl sites for hydroxylation is 1. The van der Waals surface area contributed by atoms with Crippen LogP contribution in [0.25, 0.3) is 0 Å². The summed E-state index contributed by atoms with van der Waals surface area (Å²) >= 11 is 0. The second-order valence-corrected chi connectivity index (χ2v) is 2.47. The third kappa shape index (κ3) is 1.93. The maximum atomic E-state index is 9.21. The van der Waals surface area contributed by atoms with Crippen LogP contribution in [0.2, 0.25) is 0 Å². The van der Waals surface area contributed by atoms with Crippen molar-refractivity contribution in [1.29, 1.82) is 0 Å². The Morgan fingerprint density at radius 3 is 2.82 bits per heavy atom. The molecule has 0 heterocycles. The number of benzene rings is 1. The Balaban J connectivity index is 2.93. The van der Waals surface area contributed by atoms with Gasteiger partial charge in [-0.05, 0) is 13.0 Å². The average molecular weight is 153 g/mol. The van der Waals surface area contributed by atoms with E-state index in [1.807, 2.05) is 24.5 Å². The third-order valence-corrected chi connectivity index (χ3v) is 1.50. The van der Waals surface area contributed by atoms with Crippen molar-refractivity contribution in [1.82, 2.24) is 5.48 Å². The van der Waals surface area contributed by atoms with Crippen molar-refractivity contribution in [2.75, 3.05) is 0 Å². The molecule has 0 unspecified atom stereocenters. The lowest BCUT2D eigenvalue weighted by atomic mass is 10.1. The predicted octanol–water partition coefficient (Wildman–Crippen LogP) is 1.18. The molecule has 0 spiro atoms. The molecule has 0 aliphatic heterocycles. The lowest BCUT2D eigenvalue weighted by molar-refractivity contribution is 0.160. The van der Waals surface area contributed by atoms with Crippen molar-refractivity contribution in [2.24, 2.45) is 0 Å². The zero-order valence-corrected chi connectivity index (χ0v) is 6.33. The summed E-state index contributed by atoms with van der Waals surface area (Å²) in [7, 11) is 0. The maximum absolute atomic E-state index is 9.21. The molecule has 1 aromatic carbocycles. The average Bonchev–Trinajstić information content (AvgIpc) is 1.98. The highest BCUT2D eigenvalue weighted by Gasteiger charge is 1.98. The fraction of sp³-hybridized carbons (Fsp3) is 0.250. The van der Waals surface area contributed by atoms with Gasteiger partial charge in [-0.3, -0.25) is 0 Å². The zero-order chi connectivity index (χ0) is 8.27. The van der Waals surface area contributed by atoms with Crippen LogP contribution >= 0.6 is 0 Å². The molecule has 0 aromatic heterocycles. The summed E-state index contributed by atoms with van der Waals surface area (Å²) in [5.74, 6) is 0.206. The minimum atomic E-state index is 0.206. The van der Waals surface area contributed by atoms with Gasteiger partial charge in [-0.1, -0.05) is 17.7 Å². The first kappa shape index (κ1) is 8.04. The molecule has 1 aromatic rings. The molecule has 0 aliphatic rings. The summed E-state index contributed by atoms with van der Waals surface area (Å²) in [6, 6.07) is 5.25. The van der Waals surface area contributed by atoms with E-state index in [0.29, 0.717) is 5.56 Å². The van der Waals surface area contributed by atoms with Gasteiger partial charge in [0.25, 0.3) is 0 Å². The van der Waals surface area contributed by atoms with Crippen molar-refractivity contribution in [2.45, 2.75) is 13.5 Å². The normalized spacial score (nSPS) is 10.0. The minimum absolute atomic E-state index is 0.206. The van der Waals surface area contributed by atoms with E-state index in [2.05, 4.69) is 0 Å². The molecular weight excluding hydrogens is 142 g/mol. The van der Waals surface area contributed by atoms with E-state index in [-0.39, 0.29) is 12.3 Å². The molecule has 0 saturated carbocycles. The van der Waals surface area contributed by atoms with E-state index in [4.69, 9.17) is 5.21 Å². The van der Waals surface area contributed by atoms with Gasteiger partial charge in [-0.15, -0.1) is 0 Å². The van der Waals surface area contributed by atoms with E-state index in [1.165, 1.54) is 0 Å². The Morgan fingerprint density at radius 2 is 2.18 bits per heavy atom. The van der Waals surface area contributed by atoms with Gasteiger partial charge >= 0.3 is 0 Å². The number of hydroxylamine groups is 1. The first-order valence-electron chi connectivity index (χ1n) is 3.39. The fourth-order valence-corrected chi connectivity index (χ4v) is 0.941. The standard InChI is InChI=1S/C8H11NO2/c1-6-2-3-8(10)7(4-6)5-9-11/h2-4,9-11H,5H2,1H3. The number of hydrogen-bond acceptors (Lipinski definition) is 3. The largest absolute Gasteiger partial charge is 0.508 e. The first-order chi connectivity index (χ1) is 5.24. The van der Waals surface area contributed by atoms with Crippen molar-refractivity contribution in [3.8, 4) is 5.75 Å². The highest BCUT2D eigenvalue weighted by Crippen LogP contribution is 2.17. The summed E-state index contributed by atoms with van der Waals surface area (Å²) in [4.78, 5) is 0. The van der Waals surface area contributed by atoms with E-state index in [0.717, 1.165) is 5.56 Å². The van der Waals surface area contributed by atoms with Crippen LogP contribution in [0, 0.1) is 6.92 Å². The smallest absolute Gasteiger partial charge is 0.120 e. The van der Waals surface area contributed by atoms with Crippen LogP contribution in [-0.2, 0) is 6.54 Å². The Morgan fingerprint density at radius 1 is 1.45 bits per heavy atom. The molecule has 0 saturated heterocycles. The van der Waals surface area contributed by atoms with Gasteiger partial charge in [0.1, 0.15) is 5.75 Å². The molecule has 0 fully saturated rings. The van der Waals surface area contributed by atoms with Crippen LogP contribution in [-0.4, -0.2) is 10.3 Å². The summed E-state index contributed by atoms with van der Waals surface area (Å²) in [5, 5.41) is 17.6. The molecule has 0 amide bonds. The number of phenolic OH excluding ortho intramolecular Hbond substituents is 1. The summed E-state index contributed by atoms with van der Waals surface area (Å²) in [6.07, 6.45) is 0. The van der Waals surface area contributed by atoms with Gasteiger partial charge in [0.2, 0.25) is 0 Å². The van der Waals surface area contributed by atoms with Gasteiger partial charge in [-0.2, -0.15) is 0 Å². The van der Waals surface area contributed by atoms with E-state index in [9.17, 15) is 5.11 Å². The van der Waals surface area contributed by atoms with E-state index < -0.39 is 0 Å². The SMILES string of the molecule is Cc1ccc(O)c(CNO)c1. The zero-order valence-electron chi connectivity index (χ0n) is 6.33. The van der Waals surface area contributed by atoms with Gasteiger partial charge < -0.3 is 10.3 Å². The van der Waals surface area contributed by atoms with Crippen LogP contribution in [0.15, 0.2) is 18.2 Å². The molecule has 11 heavy (non-hydrogen) atoms. The Labute approximate surface area is 65.3 Å². The number of nitrogens with one attached hydrogen (secondary N) is 1. The van der Waals surface area contributed by atoms with Crippen LogP contribution in [0.5, 0.6) is 5.75 Å². The van der Waals surface area contributed by atoms with Crippen LogP contribution < -0.4 is 5.48 Å². The maximum Gasteiger partial charge on any atom is 0.120 e. The van der Waals surface area contributed by atoms with E-state index in [1.54, 1.807) is 6.07 Å². The molecule has 3 nitrogen and oxygen atoms in total. The van der Waals surface area contributed by atoms with Crippen LogP contribution in [0.3, 0.4) is 0 Å². The Bertz CT molecular complexity index is 248. The summed E-state index contributed by atoms with van der Waals surface area (Å²) < 4.78 is 0. The van der Waals surface area contributed by atoms with E-state index >= 15 is 0 Å². The highest BCUT2D eigenvalue weighted by molar-refractivity contribution is 5.35. The highest BCUT2D eigenvalue weighted by atomic mass is 16.5. The van der Waals surface area contributed by atoms with Crippen LogP contribution in [0.1, 0.15) is 11.1 Å². The first-order valence-corrected chi connectivity index (χ1v) is 3.39. The van der Waals surface area contributed by atoms with Crippen molar-refractivity contribution >= 4 is 0 Å². The number of hydrogen-bond donors (Lipinski definition) is 3. The van der Waals surface area contributed by atoms with Gasteiger partial charge in [0.15, 0.2) is 0 Å². The van der Waals surface area contributed by atoms with Crippen LogP contribution in [0.4, 0.5) is 0 Å². The third-order valence-electron chi connectivity index (χ3n) is 1.50. The van der Waals surface area contributed by atoms with Gasteiger partial charge in [-0.25, -0.2) is 5.48 Å². The lowest BCUT2D eigenvalue weighted by Crippen LogP contribution is -2.06. The summed E-state index contributed by atoms with van der Waals surface area (Å²) in [5.41, 5.74) is 3.76. The lowest BCUT2D eigenvalue weighted by Gasteiger charge is -2.03. The van der Waals surface area contributed by atoms with Gasteiger partial charge in [0, 0.05) is 12.1 Å². The van der Waals surface area contributed by atoms with Crippen molar-refractivity contribution in [3.05, 3.63) is 29.3 Å². The predicted molar refractivity (Wildman–Crippen MR) is 41.5 cm³/mol. The second kappa shape index (κ2) is 3.37. The molecule has 0 aliphatic carbocycles. The second-order valence-electron chi connectivity index (χ2n) is 2.47. The molecule has 3 heteroatoms. The van der Waals surface area contributed by atoms with Crippen molar-refractivity contribution < 1.29 is 10.3 Å². The molecule has 3 N–H and O–H groups in total. The number of aromatic hydroxyl groups is 1. The fourth-order valence-electron chi connectivity index (χ4n) is 0.941. The molecular formula is C8H11NO2. The molecule has 60 valence electrons. The molecule has 1 rings (SSSR count). The number of rotatable bonds is 2. The molecule has 0 radical (unpaired) electrons. The molecule has 0 bridgehead atoms. The quantitative estimate of drug-likeness (QED) is 0.559. The Kier molecular flexibility index (Phi) is 2.46. The van der Waals surface area contributed by atoms with Gasteiger partial charge in [0.05, 0.1) is 0 Å². The van der Waals surface area contributed by atoms with Crippen molar-refractivity contribution in [3.63, 3.8) is 0 Å². The Hall–Kier alpha value is -1.06. The topological polar surface area (TPSA) is 52.5 Å². The monoisotopic (exact) mass is 153 g/mol. The molecule has 0 atom stereocenters. The number of phenols is 1. The minimum Gasteiger partial charge on any atom is -0.508 e. The summed E-state index contributed by atoms with van der Waals surface area (Å²) in [6.45, 7) is 2.20.